The molecule has 27 heavy (non-hydrogen) atoms. The van der Waals surface area contributed by atoms with Crippen LogP contribution in [0.1, 0.15) is 30.1 Å². The maximum absolute atomic E-state index is 12.5. The third-order valence-corrected chi connectivity index (χ3v) is 6.43. The van der Waals surface area contributed by atoms with Crippen molar-refractivity contribution in [1.82, 2.24) is 15.3 Å². The Morgan fingerprint density at radius 1 is 1.30 bits per heavy atom. The van der Waals surface area contributed by atoms with Crippen LogP contribution in [0.5, 0.6) is 5.75 Å². The van der Waals surface area contributed by atoms with Crippen molar-refractivity contribution in [3.63, 3.8) is 0 Å². The van der Waals surface area contributed by atoms with Crippen molar-refractivity contribution >= 4 is 39.2 Å². The van der Waals surface area contributed by atoms with Gasteiger partial charge in [0, 0.05) is 16.8 Å². The zero-order valence-corrected chi connectivity index (χ0v) is 17.5. The van der Waals surface area contributed by atoms with E-state index >= 15 is 0 Å². The first kappa shape index (κ1) is 19.6. The molecule has 1 unspecified atom stereocenters. The SMILES string of the molecule is CCc1cc2c(SC(C)C(=O)NCc3ccc(OC)cc3)nc(C)nc2s1. The number of benzene rings is 1. The van der Waals surface area contributed by atoms with Crippen LogP contribution in [0, 0.1) is 6.92 Å². The lowest BCUT2D eigenvalue weighted by molar-refractivity contribution is -0.120. The smallest absolute Gasteiger partial charge is 0.233 e. The van der Waals surface area contributed by atoms with Gasteiger partial charge in [-0.15, -0.1) is 11.3 Å². The summed E-state index contributed by atoms with van der Waals surface area (Å²) in [6, 6.07) is 9.82. The monoisotopic (exact) mass is 401 g/mol. The Hall–Kier alpha value is -2.12. The van der Waals surface area contributed by atoms with Crippen LogP contribution in [0.3, 0.4) is 0 Å². The van der Waals surface area contributed by atoms with Crippen LogP contribution >= 0.6 is 23.1 Å². The summed E-state index contributed by atoms with van der Waals surface area (Å²) in [6.45, 7) is 6.42. The summed E-state index contributed by atoms with van der Waals surface area (Å²) < 4.78 is 5.15. The van der Waals surface area contributed by atoms with Crippen LogP contribution in [-0.2, 0) is 17.8 Å². The van der Waals surface area contributed by atoms with Crippen molar-refractivity contribution in [2.24, 2.45) is 0 Å². The first-order chi connectivity index (χ1) is 13.0. The minimum Gasteiger partial charge on any atom is -0.497 e. The fourth-order valence-corrected chi connectivity index (χ4v) is 4.68. The molecule has 3 aromatic rings. The Kier molecular flexibility index (Phi) is 6.34. The molecule has 1 amide bonds. The zero-order chi connectivity index (χ0) is 19.4. The van der Waals surface area contributed by atoms with Gasteiger partial charge in [0.05, 0.1) is 12.4 Å². The standard InChI is InChI=1S/C20H23N3O2S2/c1-5-16-10-17-19(22-13(3)23-20(17)27-16)26-12(2)18(24)21-11-14-6-8-15(25-4)9-7-14/h6-10,12H,5,11H2,1-4H3,(H,21,24). The van der Waals surface area contributed by atoms with E-state index in [4.69, 9.17) is 4.74 Å². The largest absolute Gasteiger partial charge is 0.497 e. The highest BCUT2D eigenvalue weighted by atomic mass is 32.2. The minimum absolute atomic E-state index is 0.00817. The van der Waals surface area contributed by atoms with Gasteiger partial charge in [0.25, 0.3) is 0 Å². The predicted molar refractivity (Wildman–Crippen MR) is 112 cm³/mol. The Morgan fingerprint density at radius 3 is 2.70 bits per heavy atom. The van der Waals surface area contributed by atoms with Crippen molar-refractivity contribution in [3.05, 3.63) is 46.6 Å². The van der Waals surface area contributed by atoms with Gasteiger partial charge in [-0.25, -0.2) is 9.97 Å². The molecule has 142 valence electrons. The summed E-state index contributed by atoms with van der Waals surface area (Å²) in [6.07, 6.45) is 0.974. The molecule has 3 rings (SSSR count). The van der Waals surface area contributed by atoms with Gasteiger partial charge in [0.15, 0.2) is 0 Å². The Bertz CT molecular complexity index is 938. The van der Waals surface area contributed by atoms with E-state index in [1.165, 1.54) is 16.6 Å². The van der Waals surface area contributed by atoms with Gasteiger partial charge in [0.1, 0.15) is 21.4 Å². The molecule has 1 aromatic carbocycles. The number of thiophene rings is 1. The highest BCUT2D eigenvalue weighted by molar-refractivity contribution is 8.00. The van der Waals surface area contributed by atoms with Gasteiger partial charge in [0.2, 0.25) is 5.91 Å². The molecule has 0 fully saturated rings. The number of hydrogen-bond acceptors (Lipinski definition) is 6. The van der Waals surface area contributed by atoms with E-state index in [2.05, 4.69) is 28.3 Å². The molecular formula is C20H23N3O2S2. The summed E-state index contributed by atoms with van der Waals surface area (Å²) in [5.41, 5.74) is 1.03. The van der Waals surface area contributed by atoms with Gasteiger partial charge in [-0.05, 0) is 44.0 Å². The topological polar surface area (TPSA) is 64.1 Å². The second kappa shape index (κ2) is 8.71. The third-order valence-electron chi connectivity index (χ3n) is 4.15. The molecule has 7 heteroatoms. The molecule has 0 spiro atoms. The average Bonchev–Trinajstić information content (AvgIpc) is 3.09. The van der Waals surface area contributed by atoms with Gasteiger partial charge in [-0.3, -0.25) is 4.79 Å². The number of nitrogens with zero attached hydrogens (tertiary/aromatic N) is 2. The van der Waals surface area contributed by atoms with Crippen molar-refractivity contribution < 1.29 is 9.53 Å². The second-order valence-corrected chi connectivity index (χ2v) is 8.63. The van der Waals surface area contributed by atoms with Crippen LogP contribution in [0.2, 0.25) is 0 Å². The van der Waals surface area contributed by atoms with E-state index in [1.807, 2.05) is 38.1 Å². The average molecular weight is 402 g/mol. The molecule has 0 aliphatic heterocycles. The summed E-state index contributed by atoms with van der Waals surface area (Å²) in [7, 11) is 1.64. The number of thioether (sulfide) groups is 1. The molecule has 0 radical (unpaired) electrons. The Balaban J connectivity index is 1.67. The minimum atomic E-state index is -0.245. The molecule has 5 nitrogen and oxygen atoms in total. The summed E-state index contributed by atoms with van der Waals surface area (Å²) in [4.78, 5) is 23.9. The maximum atomic E-state index is 12.5. The number of methoxy groups -OCH3 is 1. The van der Waals surface area contributed by atoms with Crippen molar-refractivity contribution in [2.45, 2.75) is 44.0 Å². The molecule has 1 atom stereocenters. The van der Waals surface area contributed by atoms with Crippen molar-refractivity contribution in [3.8, 4) is 5.75 Å². The number of rotatable bonds is 7. The molecule has 0 aliphatic carbocycles. The van der Waals surface area contributed by atoms with Gasteiger partial charge in [-0.2, -0.15) is 0 Å². The first-order valence-corrected chi connectivity index (χ1v) is 10.5. The highest BCUT2D eigenvalue weighted by Crippen LogP contribution is 2.33. The number of nitrogens with one attached hydrogen (secondary N) is 1. The number of carbonyl (C=O) groups is 1. The van der Waals surface area contributed by atoms with Crippen LogP contribution in [0.25, 0.3) is 10.2 Å². The van der Waals surface area contributed by atoms with E-state index in [0.717, 1.165) is 38.8 Å². The summed E-state index contributed by atoms with van der Waals surface area (Å²) in [5.74, 6) is 1.53. The van der Waals surface area contributed by atoms with E-state index in [1.54, 1.807) is 18.4 Å². The van der Waals surface area contributed by atoms with Gasteiger partial charge in [-0.1, -0.05) is 30.8 Å². The molecule has 0 bridgehead atoms. The van der Waals surface area contributed by atoms with Crippen LogP contribution < -0.4 is 10.1 Å². The molecule has 2 heterocycles. The highest BCUT2D eigenvalue weighted by Gasteiger charge is 2.18. The quantitative estimate of drug-likeness (QED) is 0.470. The molecule has 2 aromatic heterocycles. The first-order valence-electron chi connectivity index (χ1n) is 8.84. The fraction of sp³-hybridized carbons (Fsp3) is 0.350. The lowest BCUT2D eigenvalue weighted by atomic mass is 10.2. The van der Waals surface area contributed by atoms with E-state index < -0.39 is 0 Å². The molecule has 0 aliphatic rings. The number of fused-ring (bicyclic) bond motifs is 1. The number of aryl methyl sites for hydroxylation is 2. The zero-order valence-electron chi connectivity index (χ0n) is 15.9. The van der Waals surface area contributed by atoms with Gasteiger partial charge < -0.3 is 10.1 Å². The number of aromatic nitrogens is 2. The summed E-state index contributed by atoms with van der Waals surface area (Å²) in [5, 5.41) is 4.67. The third kappa shape index (κ3) is 4.78. The van der Waals surface area contributed by atoms with E-state index in [-0.39, 0.29) is 11.2 Å². The number of ether oxygens (including phenoxy) is 1. The second-order valence-electron chi connectivity index (χ2n) is 6.19. The number of carbonyl (C=O) groups excluding carboxylic acids is 1. The molecule has 0 saturated heterocycles. The fourth-order valence-electron chi connectivity index (χ4n) is 2.61. The lowest BCUT2D eigenvalue weighted by Gasteiger charge is -2.12. The van der Waals surface area contributed by atoms with Crippen LogP contribution in [0.4, 0.5) is 0 Å². The Morgan fingerprint density at radius 2 is 2.04 bits per heavy atom. The van der Waals surface area contributed by atoms with Crippen LogP contribution in [-0.4, -0.2) is 28.2 Å². The number of amides is 1. The van der Waals surface area contributed by atoms with E-state index in [9.17, 15) is 4.79 Å². The molecular weight excluding hydrogens is 378 g/mol. The molecule has 0 saturated carbocycles. The number of hydrogen-bond donors (Lipinski definition) is 1. The summed E-state index contributed by atoms with van der Waals surface area (Å²) >= 11 is 3.18. The van der Waals surface area contributed by atoms with Crippen LogP contribution in [0.15, 0.2) is 35.4 Å². The van der Waals surface area contributed by atoms with Crippen molar-refractivity contribution in [1.29, 1.82) is 0 Å². The van der Waals surface area contributed by atoms with Gasteiger partial charge >= 0.3 is 0 Å². The van der Waals surface area contributed by atoms with Crippen molar-refractivity contribution in [2.75, 3.05) is 7.11 Å². The Labute approximate surface area is 167 Å². The lowest BCUT2D eigenvalue weighted by Crippen LogP contribution is -2.30. The molecule has 1 N–H and O–H groups in total. The van der Waals surface area contributed by atoms with E-state index in [0.29, 0.717) is 6.54 Å². The maximum Gasteiger partial charge on any atom is 0.233 e. The predicted octanol–water partition coefficient (Wildman–Crippen LogP) is 4.37. The normalized spacial score (nSPS) is 12.1.